The second kappa shape index (κ2) is 8.15. The van der Waals surface area contributed by atoms with E-state index in [0.717, 1.165) is 5.69 Å². The summed E-state index contributed by atoms with van der Waals surface area (Å²) in [5, 5.41) is 15.8. The minimum atomic E-state index is -0.325. The second-order valence-electron chi connectivity index (χ2n) is 4.84. The smallest absolute Gasteiger partial charge is 0.250 e. The summed E-state index contributed by atoms with van der Waals surface area (Å²) in [4.78, 5) is 11.8. The molecule has 0 aliphatic carbocycles. The Balaban J connectivity index is 1.53. The van der Waals surface area contributed by atoms with Crippen LogP contribution < -0.4 is 5.43 Å². The van der Waals surface area contributed by atoms with Crippen molar-refractivity contribution in [3.05, 3.63) is 66.0 Å². The maximum Gasteiger partial charge on any atom is 0.250 e. The molecule has 3 rings (SSSR count). The fraction of sp³-hybridized carbons (Fsp3) is 0.0625. The number of tetrazole rings is 1. The van der Waals surface area contributed by atoms with E-state index in [2.05, 4.69) is 26.1 Å². The van der Waals surface area contributed by atoms with E-state index < -0.39 is 0 Å². The number of carbonyl (C=O) groups excluding carboxylic acids is 1. The Morgan fingerprint density at radius 3 is 2.72 bits per heavy atom. The average Bonchev–Trinajstić information content (AvgIpc) is 3.11. The highest BCUT2D eigenvalue weighted by atomic mass is 32.2. The van der Waals surface area contributed by atoms with Gasteiger partial charge in [0.15, 0.2) is 0 Å². The standard InChI is InChI=1S/C16H13FN6OS/c17-13-8-6-12(7-9-13)10-18-19-15(24)11-25-16-20-21-22-23(16)14-4-2-1-3-5-14/h1-10H,11H2,(H,19,24). The molecule has 1 N–H and O–H groups in total. The van der Waals surface area contributed by atoms with Crippen molar-refractivity contribution in [3.8, 4) is 5.69 Å². The van der Waals surface area contributed by atoms with Crippen molar-refractivity contribution in [2.24, 2.45) is 5.10 Å². The van der Waals surface area contributed by atoms with Crippen molar-refractivity contribution in [1.82, 2.24) is 25.6 Å². The van der Waals surface area contributed by atoms with Crippen LogP contribution >= 0.6 is 11.8 Å². The van der Waals surface area contributed by atoms with Crippen LogP contribution in [0.4, 0.5) is 4.39 Å². The number of carbonyl (C=O) groups is 1. The highest BCUT2D eigenvalue weighted by Crippen LogP contribution is 2.17. The predicted octanol–water partition coefficient (Wildman–Crippen LogP) is 2.04. The topological polar surface area (TPSA) is 85.1 Å². The lowest BCUT2D eigenvalue weighted by molar-refractivity contribution is -0.118. The van der Waals surface area contributed by atoms with Gasteiger partial charge in [-0.2, -0.15) is 9.78 Å². The average molecular weight is 356 g/mol. The molecule has 0 atom stereocenters. The molecule has 7 nitrogen and oxygen atoms in total. The molecule has 0 saturated carbocycles. The molecule has 0 aliphatic rings. The van der Waals surface area contributed by atoms with Crippen LogP contribution in [-0.4, -0.2) is 38.1 Å². The molecular formula is C16H13FN6OS. The summed E-state index contributed by atoms with van der Waals surface area (Å²) in [6, 6.07) is 15.2. The Morgan fingerprint density at radius 1 is 1.20 bits per heavy atom. The van der Waals surface area contributed by atoms with Crippen LogP contribution in [0.25, 0.3) is 5.69 Å². The highest BCUT2D eigenvalue weighted by molar-refractivity contribution is 7.99. The number of hydrogen-bond acceptors (Lipinski definition) is 6. The Morgan fingerprint density at radius 2 is 1.96 bits per heavy atom. The molecule has 0 unspecified atom stereocenters. The van der Waals surface area contributed by atoms with Gasteiger partial charge < -0.3 is 0 Å². The van der Waals surface area contributed by atoms with Crippen LogP contribution in [0, 0.1) is 5.82 Å². The minimum Gasteiger partial charge on any atom is -0.272 e. The Hall–Kier alpha value is -3.07. The van der Waals surface area contributed by atoms with E-state index in [1.54, 1.807) is 16.8 Å². The molecule has 0 radical (unpaired) electrons. The zero-order chi connectivity index (χ0) is 17.5. The van der Waals surface area contributed by atoms with E-state index in [1.807, 2.05) is 30.3 Å². The van der Waals surface area contributed by atoms with E-state index >= 15 is 0 Å². The SMILES string of the molecule is O=C(CSc1nnnn1-c1ccccc1)NN=Cc1ccc(F)cc1. The third-order valence-corrected chi connectivity index (χ3v) is 3.97. The molecule has 0 bridgehead atoms. The Kier molecular flexibility index (Phi) is 5.47. The number of hydrazone groups is 1. The van der Waals surface area contributed by atoms with Gasteiger partial charge in [-0.05, 0) is 40.3 Å². The summed E-state index contributed by atoms with van der Waals surface area (Å²) in [6.07, 6.45) is 1.44. The number of benzene rings is 2. The molecule has 25 heavy (non-hydrogen) atoms. The van der Waals surface area contributed by atoms with E-state index in [1.165, 1.54) is 30.1 Å². The molecule has 0 saturated heterocycles. The van der Waals surface area contributed by atoms with Gasteiger partial charge in [0.1, 0.15) is 5.82 Å². The molecule has 0 fully saturated rings. The zero-order valence-corrected chi connectivity index (χ0v) is 13.7. The summed E-state index contributed by atoms with van der Waals surface area (Å²) in [5.74, 6) is -0.520. The predicted molar refractivity (Wildman–Crippen MR) is 92.0 cm³/mol. The number of nitrogens with zero attached hydrogens (tertiary/aromatic N) is 5. The normalized spacial score (nSPS) is 10.9. The maximum absolute atomic E-state index is 12.8. The molecule has 3 aromatic rings. The third-order valence-electron chi connectivity index (χ3n) is 3.05. The van der Waals surface area contributed by atoms with Gasteiger partial charge in [-0.15, -0.1) is 5.10 Å². The zero-order valence-electron chi connectivity index (χ0n) is 12.9. The number of para-hydroxylation sites is 1. The molecule has 0 spiro atoms. The summed E-state index contributed by atoms with van der Waals surface area (Å²) >= 11 is 1.20. The van der Waals surface area contributed by atoms with E-state index in [4.69, 9.17) is 0 Å². The van der Waals surface area contributed by atoms with Crippen LogP contribution in [0.1, 0.15) is 5.56 Å². The molecule has 9 heteroatoms. The molecule has 126 valence electrons. The van der Waals surface area contributed by atoms with Crippen molar-refractivity contribution >= 4 is 23.9 Å². The summed E-state index contributed by atoms with van der Waals surface area (Å²) in [5.41, 5.74) is 3.90. The number of nitrogens with one attached hydrogen (secondary N) is 1. The summed E-state index contributed by atoms with van der Waals surface area (Å²) in [7, 11) is 0. The van der Waals surface area contributed by atoms with Gasteiger partial charge in [-0.3, -0.25) is 4.79 Å². The van der Waals surface area contributed by atoms with Crippen LogP contribution in [0.15, 0.2) is 64.9 Å². The number of halogens is 1. The van der Waals surface area contributed by atoms with E-state index in [-0.39, 0.29) is 17.5 Å². The number of rotatable bonds is 6. The lowest BCUT2D eigenvalue weighted by Gasteiger charge is -2.03. The summed E-state index contributed by atoms with van der Waals surface area (Å²) < 4.78 is 14.3. The van der Waals surface area contributed by atoms with Crippen LogP contribution in [-0.2, 0) is 4.79 Å². The largest absolute Gasteiger partial charge is 0.272 e. The number of amides is 1. The maximum atomic E-state index is 12.8. The first-order valence-electron chi connectivity index (χ1n) is 7.26. The first-order valence-corrected chi connectivity index (χ1v) is 8.25. The molecular weight excluding hydrogens is 343 g/mol. The monoisotopic (exact) mass is 356 g/mol. The highest BCUT2D eigenvalue weighted by Gasteiger charge is 2.10. The number of hydrogen-bond donors (Lipinski definition) is 1. The first-order chi connectivity index (χ1) is 12.2. The van der Waals surface area contributed by atoms with Gasteiger partial charge in [-0.25, -0.2) is 9.82 Å². The molecule has 1 amide bonds. The van der Waals surface area contributed by atoms with E-state index in [0.29, 0.717) is 10.7 Å². The van der Waals surface area contributed by atoms with Gasteiger partial charge in [0.05, 0.1) is 17.7 Å². The van der Waals surface area contributed by atoms with Crippen LogP contribution in [0.2, 0.25) is 0 Å². The molecule has 1 heterocycles. The quantitative estimate of drug-likeness (QED) is 0.415. The third kappa shape index (κ3) is 4.70. The molecule has 1 aromatic heterocycles. The van der Waals surface area contributed by atoms with E-state index in [9.17, 15) is 9.18 Å². The van der Waals surface area contributed by atoms with Crippen molar-refractivity contribution in [2.45, 2.75) is 5.16 Å². The van der Waals surface area contributed by atoms with Gasteiger partial charge in [-0.1, -0.05) is 42.1 Å². The Bertz CT molecular complexity index is 866. The summed E-state index contributed by atoms with van der Waals surface area (Å²) in [6.45, 7) is 0. The lowest BCUT2D eigenvalue weighted by Crippen LogP contribution is -2.20. The minimum absolute atomic E-state index is 0.105. The molecule has 2 aromatic carbocycles. The number of thioether (sulfide) groups is 1. The molecule has 0 aliphatic heterocycles. The van der Waals surface area contributed by atoms with Crippen molar-refractivity contribution < 1.29 is 9.18 Å². The Labute approximate surface area is 146 Å². The van der Waals surface area contributed by atoms with Crippen LogP contribution in [0.3, 0.4) is 0 Å². The van der Waals surface area contributed by atoms with Crippen LogP contribution in [0.5, 0.6) is 0 Å². The number of aromatic nitrogens is 4. The van der Waals surface area contributed by atoms with Crippen molar-refractivity contribution in [3.63, 3.8) is 0 Å². The van der Waals surface area contributed by atoms with Gasteiger partial charge in [0.2, 0.25) is 5.16 Å². The fourth-order valence-corrected chi connectivity index (χ4v) is 2.57. The van der Waals surface area contributed by atoms with Crippen molar-refractivity contribution in [1.29, 1.82) is 0 Å². The van der Waals surface area contributed by atoms with Gasteiger partial charge in [0.25, 0.3) is 5.91 Å². The van der Waals surface area contributed by atoms with Gasteiger partial charge in [0, 0.05) is 0 Å². The second-order valence-corrected chi connectivity index (χ2v) is 5.78. The fourth-order valence-electron chi connectivity index (χ4n) is 1.89. The van der Waals surface area contributed by atoms with Gasteiger partial charge >= 0.3 is 0 Å². The van der Waals surface area contributed by atoms with Crippen molar-refractivity contribution in [2.75, 3.05) is 5.75 Å². The first kappa shape index (κ1) is 16.8. The lowest BCUT2D eigenvalue weighted by atomic mass is 10.2.